The molecule has 122 valence electrons. The van der Waals surface area contributed by atoms with E-state index in [0.29, 0.717) is 25.3 Å². The van der Waals surface area contributed by atoms with Crippen molar-refractivity contribution in [3.05, 3.63) is 29.1 Å². The average molecular weight is 307 g/mol. The largest absolute Gasteiger partial charge is 0.394 e. The Hall–Kier alpha value is -1.50. The number of likely N-dealkylation sites (N-methyl/N-ethyl adjacent to an activating group) is 1. The minimum Gasteiger partial charge on any atom is -0.394 e. The second-order valence-corrected chi connectivity index (χ2v) is 6.18. The van der Waals surface area contributed by atoms with E-state index >= 15 is 0 Å². The quantitative estimate of drug-likeness (QED) is 0.848. The fourth-order valence-corrected chi connectivity index (χ4v) is 2.70. The van der Waals surface area contributed by atoms with Crippen LogP contribution in [-0.4, -0.2) is 65.9 Å². The molecule has 2 heterocycles. The van der Waals surface area contributed by atoms with Crippen molar-refractivity contribution in [2.24, 2.45) is 0 Å². The van der Waals surface area contributed by atoms with E-state index in [2.05, 4.69) is 15.2 Å². The van der Waals surface area contributed by atoms with Gasteiger partial charge in [-0.15, -0.1) is 0 Å². The lowest BCUT2D eigenvalue weighted by Gasteiger charge is -2.47. The number of nitrogens with zero attached hydrogens (tertiary/aromatic N) is 2. The third kappa shape index (κ3) is 3.29. The number of aryl methyl sites for hydroxylation is 2. The molecule has 2 N–H and O–H groups in total. The lowest BCUT2D eigenvalue weighted by Crippen LogP contribution is -2.65. The van der Waals surface area contributed by atoms with Crippen molar-refractivity contribution in [1.29, 1.82) is 0 Å². The van der Waals surface area contributed by atoms with Crippen LogP contribution >= 0.6 is 0 Å². The van der Waals surface area contributed by atoms with E-state index in [0.717, 1.165) is 11.3 Å². The van der Waals surface area contributed by atoms with Gasteiger partial charge in [-0.05, 0) is 39.4 Å². The lowest BCUT2D eigenvalue weighted by atomic mass is 9.95. The third-order valence-electron chi connectivity index (χ3n) is 4.50. The van der Waals surface area contributed by atoms with Crippen LogP contribution < -0.4 is 5.32 Å². The summed E-state index contributed by atoms with van der Waals surface area (Å²) in [5, 5.41) is 12.8. The molecule has 0 saturated carbocycles. The van der Waals surface area contributed by atoms with Gasteiger partial charge in [0.05, 0.1) is 25.4 Å². The van der Waals surface area contributed by atoms with Crippen molar-refractivity contribution in [3.8, 4) is 0 Å². The standard InChI is InChI=1S/C16H25N3O3/c1-11-6-17-12(2)5-14(11)15(21)18-8-16(9-20)10-22-7-13(3)19(16)4/h5-6,13,20H,7-10H2,1-4H3,(H,18,21)/t13-,16+/m1/s1. The molecule has 0 unspecified atom stereocenters. The second kappa shape index (κ2) is 6.73. The third-order valence-corrected chi connectivity index (χ3v) is 4.50. The predicted molar refractivity (Wildman–Crippen MR) is 83.9 cm³/mol. The zero-order valence-electron chi connectivity index (χ0n) is 13.7. The van der Waals surface area contributed by atoms with E-state index in [-0.39, 0.29) is 18.6 Å². The van der Waals surface area contributed by atoms with Crippen LogP contribution in [0.25, 0.3) is 0 Å². The van der Waals surface area contributed by atoms with Gasteiger partial charge in [0.1, 0.15) is 0 Å². The molecule has 1 aromatic rings. The van der Waals surface area contributed by atoms with Gasteiger partial charge in [-0.25, -0.2) is 0 Å². The number of hydrogen-bond donors (Lipinski definition) is 2. The van der Waals surface area contributed by atoms with Crippen LogP contribution in [0.3, 0.4) is 0 Å². The summed E-state index contributed by atoms with van der Waals surface area (Å²) >= 11 is 0. The van der Waals surface area contributed by atoms with Gasteiger partial charge in [0, 0.05) is 30.0 Å². The number of amides is 1. The summed E-state index contributed by atoms with van der Waals surface area (Å²) in [4.78, 5) is 18.7. The Balaban J connectivity index is 2.10. The van der Waals surface area contributed by atoms with Gasteiger partial charge in [0.15, 0.2) is 0 Å². The molecule has 1 aliphatic heterocycles. The normalized spacial score (nSPS) is 26.0. The molecule has 0 aliphatic carbocycles. The van der Waals surface area contributed by atoms with Crippen LogP contribution in [0, 0.1) is 13.8 Å². The van der Waals surface area contributed by atoms with Gasteiger partial charge < -0.3 is 15.2 Å². The number of ether oxygens (including phenoxy) is 1. The maximum absolute atomic E-state index is 12.4. The minimum absolute atomic E-state index is 0.0670. The van der Waals surface area contributed by atoms with E-state index in [9.17, 15) is 9.90 Å². The number of pyridine rings is 1. The molecule has 0 spiro atoms. The smallest absolute Gasteiger partial charge is 0.251 e. The fourth-order valence-electron chi connectivity index (χ4n) is 2.70. The van der Waals surface area contributed by atoms with Gasteiger partial charge in [-0.2, -0.15) is 0 Å². The number of aliphatic hydroxyl groups excluding tert-OH is 1. The zero-order chi connectivity index (χ0) is 16.3. The first-order valence-corrected chi connectivity index (χ1v) is 7.52. The van der Waals surface area contributed by atoms with Crippen molar-refractivity contribution in [3.63, 3.8) is 0 Å². The number of hydrogen-bond acceptors (Lipinski definition) is 5. The Labute approximate surface area is 131 Å². The van der Waals surface area contributed by atoms with E-state index in [1.54, 1.807) is 12.3 Å². The first-order valence-electron chi connectivity index (χ1n) is 7.52. The topological polar surface area (TPSA) is 74.7 Å². The molecule has 6 nitrogen and oxygen atoms in total. The Morgan fingerprint density at radius 2 is 2.32 bits per heavy atom. The van der Waals surface area contributed by atoms with E-state index in [1.165, 1.54) is 0 Å². The summed E-state index contributed by atoms with van der Waals surface area (Å²) in [7, 11) is 1.96. The number of aliphatic hydroxyl groups is 1. The Morgan fingerprint density at radius 1 is 1.59 bits per heavy atom. The molecule has 2 atom stereocenters. The Bertz CT molecular complexity index is 549. The van der Waals surface area contributed by atoms with Crippen molar-refractivity contribution < 1.29 is 14.6 Å². The molecule has 1 aromatic heterocycles. The van der Waals surface area contributed by atoms with Crippen LogP contribution in [0.1, 0.15) is 28.5 Å². The number of carbonyl (C=O) groups excluding carboxylic acids is 1. The summed E-state index contributed by atoms with van der Waals surface area (Å²) in [6.07, 6.45) is 1.70. The monoisotopic (exact) mass is 307 g/mol. The highest BCUT2D eigenvalue weighted by Gasteiger charge is 2.40. The Kier molecular flexibility index (Phi) is 5.16. The molecule has 1 aliphatic rings. The van der Waals surface area contributed by atoms with E-state index in [1.807, 2.05) is 27.8 Å². The van der Waals surface area contributed by atoms with Crippen molar-refractivity contribution in [1.82, 2.24) is 15.2 Å². The van der Waals surface area contributed by atoms with Crippen LogP contribution in [0.4, 0.5) is 0 Å². The molecule has 1 amide bonds. The highest BCUT2D eigenvalue weighted by molar-refractivity contribution is 5.95. The molecular formula is C16H25N3O3. The van der Waals surface area contributed by atoms with Crippen molar-refractivity contribution in [2.75, 3.05) is 33.4 Å². The molecule has 0 aromatic carbocycles. The molecule has 1 saturated heterocycles. The second-order valence-electron chi connectivity index (χ2n) is 6.18. The predicted octanol–water partition coefficient (Wildman–Crippen LogP) is 0.510. The van der Waals surface area contributed by atoms with Crippen LogP contribution in [0.2, 0.25) is 0 Å². The average Bonchev–Trinajstić information content (AvgIpc) is 2.51. The molecular weight excluding hydrogens is 282 g/mol. The zero-order valence-corrected chi connectivity index (χ0v) is 13.7. The van der Waals surface area contributed by atoms with Gasteiger partial charge in [-0.1, -0.05) is 0 Å². The number of carbonyl (C=O) groups is 1. The highest BCUT2D eigenvalue weighted by atomic mass is 16.5. The Morgan fingerprint density at radius 3 is 3.00 bits per heavy atom. The van der Waals surface area contributed by atoms with E-state index < -0.39 is 5.54 Å². The first-order chi connectivity index (χ1) is 10.4. The maximum Gasteiger partial charge on any atom is 0.251 e. The van der Waals surface area contributed by atoms with Crippen molar-refractivity contribution >= 4 is 5.91 Å². The minimum atomic E-state index is -0.580. The molecule has 0 radical (unpaired) electrons. The summed E-state index contributed by atoms with van der Waals surface area (Å²) in [5.41, 5.74) is 1.68. The van der Waals surface area contributed by atoms with Crippen LogP contribution in [0.15, 0.2) is 12.3 Å². The number of rotatable bonds is 4. The number of morpholine rings is 1. The van der Waals surface area contributed by atoms with Gasteiger partial charge >= 0.3 is 0 Å². The highest BCUT2D eigenvalue weighted by Crippen LogP contribution is 2.21. The van der Waals surface area contributed by atoms with Crippen LogP contribution in [-0.2, 0) is 4.74 Å². The van der Waals surface area contributed by atoms with Crippen molar-refractivity contribution in [2.45, 2.75) is 32.4 Å². The fraction of sp³-hybridized carbons (Fsp3) is 0.625. The summed E-state index contributed by atoms with van der Waals surface area (Å²) in [6, 6.07) is 1.97. The molecule has 2 rings (SSSR count). The maximum atomic E-state index is 12.4. The van der Waals surface area contributed by atoms with Gasteiger partial charge in [0.25, 0.3) is 5.91 Å². The SMILES string of the molecule is Cc1cc(C(=O)NC[C@]2(CO)COC[C@@H](C)N2C)c(C)cn1. The number of aromatic nitrogens is 1. The summed E-state index contributed by atoms with van der Waals surface area (Å²) < 4.78 is 5.58. The molecule has 0 bridgehead atoms. The molecule has 22 heavy (non-hydrogen) atoms. The van der Waals surface area contributed by atoms with Crippen LogP contribution in [0.5, 0.6) is 0 Å². The first kappa shape index (κ1) is 16.9. The molecule has 6 heteroatoms. The molecule has 1 fully saturated rings. The summed E-state index contributed by atoms with van der Waals surface area (Å²) in [6.45, 7) is 7.07. The van der Waals surface area contributed by atoms with E-state index in [4.69, 9.17) is 4.74 Å². The van der Waals surface area contributed by atoms with Gasteiger partial charge in [0.2, 0.25) is 0 Å². The number of nitrogens with one attached hydrogen (secondary N) is 1. The van der Waals surface area contributed by atoms with Gasteiger partial charge in [-0.3, -0.25) is 14.7 Å². The summed E-state index contributed by atoms with van der Waals surface area (Å²) in [5.74, 6) is -0.151. The lowest BCUT2D eigenvalue weighted by molar-refractivity contribution is -0.105.